The quantitative estimate of drug-likeness (QED) is 0.635. The number of halogens is 2. The van der Waals surface area contributed by atoms with Crippen LogP contribution in [-0.2, 0) is 0 Å². The molecule has 4 rings (SSSR count). The van der Waals surface area contributed by atoms with Gasteiger partial charge < -0.3 is 0 Å². The van der Waals surface area contributed by atoms with E-state index >= 15 is 0 Å². The van der Waals surface area contributed by atoms with Crippen molar-refractivity contribution in [2.75, 3.05) is 0 Å². The van der Waals surface area contributed by atoms with Crippen LogP contribution in [0.25, 0.3) is 16.3 Å². The van der Waals surface area contributed by atoms with Gasteiger partial charge in [-0.15, -0.1) is 10.2 Å². The minimum atomic E-state index is 0.564. The van der Waals surface area contributed by atoms with E-state index in [1.165, 1.54) is 32.1 Å². The molecule has 1 aromatic carbocycles. The molecule has 0 spiro atoms. The van der Waals surface area contributed by atoms with Crippen molar-refractivity contribution in [1.29, 1.82) is 0 Å². The Labute approximate surface area is 142 Å². The van der Waals surface area contributed by atoms with Gasteiger partial charge in [-0.1, -0.05) is 53.8 Å². The molecule has 4 nitrogen and oxygen atoms in total. The second-order valence-corrected chi connectivity index (χ2v) is 7.45. The topological polar surface area (TPSA) is 43.1 Å². The van der Waals surface area contributed by atoms with E-state index in [0.29, 0.717) is 21.8 Å². The van der Waals surface area contributed by atoms with Crippen molar-refractivity contribution in [3.8, 4) is 11.4 Å². The molecular formula is C15H14Cl2N4S. The summed E-state index contributed by atoms with van der Waals surface area (Å²) in [7, 11) is 0. The molecule has 1 aliphatic rings. The Hall–Kier alpha value is -1.17. The fourth-order valence-electron chi connectivity index (χ4n) is 2.99. The number of aromatic nitrogens is 4. The molecule has 0 unspecified atom stereocenters. The maximum Gasteiger partial charge on any atom is 0.234 e. The van der Waals surface area contributed by atoms with Crippen molar-refractivity contribution in [2.24, 2.45) is 0 Å². The fourth-order valence-corrected chi connectivity index (χ4v) is 4.49. The average molecular weight is 353 g/mol. The Morgan fingerprint density at radius 3 is 2.68 bits per heavy atom. The first-order chi connectivity index (χ1) is 10.7. The van der Waals surface area contributed by atoms with Crippen LogP contribution in [0, 0.1) is 0 Å². The van der Waals surface area contributed by atoms with E-state index in [1.807, 2.05) is 10.6 Å². The van der Waals surface area contributed by atoms with Crippen LogP contribution < -0.4 is 0 Å². The van der Waals surface area contributed by atoms with Gasteiger partial charge in [-0.3, -0.25) is 0 Å². The molecule has 0 aliphatic heterocycles. The van der Waals surface area contributed by atoms with Gasteiger partial charge in [0, 0.05) is 16.5 Å². The lowest BCUT2D eigenvalue weighted by Gasteiger charge is -2.18. The summed E-state index contributed by atoms with van der Waals surface area (Å²) in [6.45, 7) is 0. The van der Waals surface area contributed by atoms with Gasteiger partial charge in [-0.05, 0) is 31.0 Å². The van der Waals surface area contributed by atoms with Gasteiger partial charge in [-0.2, -0.15) is 9.61 Å². The third-order valence-corrected chi connectivity index (χ3v) is 5.74. The largest absolute Gasteiger partial charge is 0.234 e. The van der Waals surface area contributed by atoms with Crippen molar-refractivity contribution in [2.45, 2.75) is 38.0 Å². The highest BCUT2D eigenvalue weighted by Crippen LogP contribution is 2.36. The molecule has 0 saturated heterocycles. The first-order valence-electron chi connectivity index (χ1n) is 7.40. The second kappa shape index (κ2) is 5.80. The summed E-state index contributed by atoms with van der Waals surface area (Å²) in [4.78, 5) is 0.821. The van der Waals surface area contributed by atoms with Gasteiger partial charge >= 0.3 is 0 Å². The van der Waals surface area contributed by atoms with E-state index in [4.69, 9.17) is 28.3 Å². The molecule has 0 amide bonds. The van der Waals surface area contributed by atoms with Crippen LogP contribution in [0.3, 0.4) is 0 Å². The second-order valence-electron chi connectivity index (χ2n) is 5.62. The van der Waals surface area contributed by atoms with E-state index in [1.54, 1.807) is 23.5 Å². The van der Waals surface area contributed by atoms with Crippen molar-refractivity contribution in [3.05, 3.63) is 33.3 Å². The van der Waals surface area contributed by atoms with Gasteiger partial charge in [-0.25, -0.2) is 0 Å². The number of fused-ring (bicyclic) bond motifs is 1. The van der Waals surface area contributed by atoms with Crippen LogP contribution in [0.5, 0.6) is 0 Å². The van der Waals surface area contributed by atoms with E-state index < -0.39 is 0 Å². The molecule has 114 valence electrons. The molecule has 2 heterocycles. The molecule has 3 aromatic rings. The third kappa shape index (κ3) is 2.51. The van der Waals surface area contributed by atoms with E-state index in [-0.39, 0.29) is 0 Å². The molecule has 2 aromatic heterocycles. The SMILES string of the molecule is Clc1ccc(-c2nnc3sc(C4CCCCC4)nn23)c(Cl)c1. The summed E-state index contributed by atoms with van der Waals surface area (Å²) in [5.74, 6) is 1.24. The van der Waals surface area contributed by atoms with Crippen molar-refractivity contribution < 1.29 is 0 Å². The first-order valence-corrected chi connectivity index (χ1v) is 8.97. The molecule has 0 atom stereocenters. The number of hydrogen-bond donors (Lipinski definition) is 0. The summed E-state index contributed by atoms with van der Waals surface area (Å²) >= 11 is 13.9. The summed E-state index contributed by atoms with van der Waals surface area (Å²) in [6, 6.07) is 5.38. The Bertz CT molecular complexity index is 820. The predicted octanol–water partition coefficient (Wildman–Crippen LogP) is 5.21. The third-order valence-electron chi connectivity index (χ3n) is 4.13. The molecular weight excluding hydrogens is 339 g/mol. The highest BCUT2D eigenvalue weighted by Gasteiger charge is 2.22. The molecule has 7 heteroatoms. The fraction of sp³-hybridized carbons (Fsp3) is 0.400. The molecule has 22 heavy (non-hydrogen) atoms. The van der Waals surface area contributed by atoms with Crippen molar-refractivity contribution in [3.63, 3.8) is 0 Å². The zero-order valence-electron chi connectivity index (χ0n) is 11.8. The minimum Gasteiger partial charge on any atom is -0.183 e. The summed E-state index contributed by atoms with van der Waals surface area (Å²) in [5, 5.41) is 15.6. The van der Waals surface area contributed by atoms with Crippen LogP contribution in [0.2, 0.25) is 10.0 Å². The van der Waals surface area contributed by atoms with E-state index in [9.17, 15) is 0 Å². The van der Waals surface area contributed by atoms with Crippen molar-refractivity contribution >= 4 is 39.5 Å². The Kier molecular flexibility index (Phi) is 3.80. The van der Waals surface area contributed by atoms with Crippen LogP contribution in [0.1, 0.15) is 43.0 Å². The van der Waals surface area contributed by atoms with Crippen LogP contribution >= 0.6 is 34.5 Å². The minimum absolute atomic E-state index is 0.564. The van der Waals surface area contributed by atoms with Gasteiger partial charge in [0.25, 0.3) is 0 Å². The molecule has 0 N–H and O–H groups in total. The molecule has 0 radical (unpaired) electrons. The maximum absolute atomic E-state index is 6.29. The summed E-state index contributed by atoms with van der Waals surface area (Å²) in [6.07, 6.45) is 6.37. The van der Waals surface area contributed by atoms with Gasteiger partial charge in [0.15, 0.2) is 5.82 Å². The van der Waals surface area contributed by atoms with Crippen molar-refractivity contribution in [1.82, 2.24) is 19.8 Å². The normalized spacial score (nSPS) is 16.5. The Morgan fingerprint density at radius 1 is 1.09 bits per heavy atom. The van der Waals surface area contributed by atoms with Gasteiger partial charge in [0.1, 0.15) is 5.01 Å². The van der Waals surface area contributed by atoms with Crippen LogP contribution in [0.15, 0.2) is 18.2 Å². The maximum atomic E-state index is 6.29. The number of benzene rings is 1. The predicted molar refractivity (Wildman–Crippen MR) is 89.9 cm³/mol. The zero-order chi connectivity index (χ0) is 15.1. The molecule has 1 fully saturated rings. The Morgan fingerprint density at radius 2 is 1.91 bits per heavy atom. The van der Waals surface area contributed by atoms with Gasteiger partial charge in [0.05, 0.1) is 5.02 Å². The summed E-state index contributed by atoms with van der Waals surface area (Å²) < 4.78 is 1.81. The average Bonchev–Trinajstić information content (AvgIpc) is 3.09. The van der Waals surface area contributed by atoms with Crippen LogP contribution in [-0.4, -0.2) is 19.8 Å². The smallest absolute Gasteiger partial charge is 0.183 e. The van der Waals surface area contributed by atoms with Crippen LogP contribution in [0.4, 0.5) is 0 Å². The molecule has 0 bridgehead atoms. The molecule has 1 aliphatic carbocycles. The number of nitrogens with zero attached hydrogens (tertiary/aromatic N) is 4. The van der Waals surface area contributed by atoms with Gasteiger partial charge in [0.2, 0.25) is 4.96 Å². The number of rotatable bonds is 2. The lowest BCUT2D eigenvalue weighted by Crippen LogP contribution is -2.05. The zero-order valence-corrected chi connectivity index (χ0v) is 14.1. The first kappa shape index (κ1) is 14.4. The summed E-state index contributed by atoms with van der Waals surface area (Å²) in [5.41, 5.74) is 0.805. The lowest BCUT2D eigenvalue weighted by molar-refractivity contribution is 0.440. The van der Waals surface area contributed by atoms with E-state index in [2.05, 4.69) is 10.2 Å². The standard InChI is InChI=1S/C15H14Cl2N4S/c16-10-6-7-11(12(17)8-10)13-18-19-15-21(13)20-14(22-15)9-4-2-1-3-5-9/h6-9H,1-5H2. The monoisotopic (exact) mass is 352 g/mol. The Balaban J connectivity index is 1.77. The van der Waals surface area contributed by atoms with E-state index in [0.717, 1.165) is 15.5 Å². The number of hydrogen-bond acceptors (Lipinski definition) is 4. The lowest BCUT2D eigenvalue weighted by atomic mass is 9.90. The highest BCUT2D eigenvalue weighted by molar-refractivity contribution is 7.16. The molecule has 1 saturated carbocycles. The highest BCUT2D eigenvalue weighted by atomic mass is 35.5.